The number of anilines is 2. The second-order valence-corrected chi connectivity index (χ2v) is 6.10. The normalized spacial score (nSPS) is 10.3. The largest absolute Gasteiger partial charge is 0.397 e. The van der Waals surface area contributed by atoms with E-state index in [4.69, 9.17) is 5.73 Å². The molecule has 3 N–H and O–H groups in total. The van der Waals surface area contributed by atoms with Gasteiger partial charge in [0.15, 0.2) is 0 Å². The Balaban J connectivity index is 1.94. The van der Waals surface area contributed by atoms with Gasteiger partial charge in [-0.25, -0.2) is 4.98 Å². The van der Waals surface area contributed by atoms with Crippen molar-refractivity contribution in [3.63, 3.8) is 0 Å². The SMILES string of the molecule is Cc1cccc(N)c1NC(=O)CSc1ccc(Br)cn1. The van der Waals surface area contributed by atoms with Crippen molar-refractivity contribution < 1.29 is 4.79 Å². The number of thioether (sulfide) groups is 1. The molecule has 0 fully saturated rings. The molecule has 1 aromatic heterocycles. The van der Waals surface area contributed by atoms with Crippen LogP contribution >= 0.6 is 27.7 Å². The predicted molar refractivity (Wildman–Crippen MR) is 86.9 cm³/mol. The van der Waals surface area contributed by atoms with E-state index in [9.17, 15) is 4.79 Å². The van der Waals surface area contributed by atoms with Crippen LogP contribution in [0.1, 0.15) is 5.56 Å². The van der Waals surface area contributed by atoms with Crippen molar-refractivity contribution >= 4 is 45.0 Å². The summed E-state index contributed by atoms with van der Waals surface area (Å²) in [5.41, 5.74) is 8.06. The molecule has 2 aromatic rings. The smallest absolute Gasteiger partial charge is 0.234 e. The summed E-state index contributed by atoms with van der Waals surface area (Å²) in [5.74, 6) is 0.197. The number of aromatic nitrogens is 1. The number of rotatable bonds is 4. The lowest BCUT2D eigenvalue weighted by atomic mass is 10.1. The van der Waals surface area contributed by atoms with Gasteiger partial charge in [0.25, 0.3) is 0 Å². The Morgan fingerprint density at radius 3 is 2.85 bits per heavy atom. The lowest BCUT2D eigenvalue weighted by Gasteiger charge is -2.10. The molecule has 0 bridgehead atoms. The zero-order valence-electron chi connectivity index (χ0n) is 10.9. The molecule has 0 spiro atoms. The number of amides is 1. The lowest BCUT2D eigenvalue weighted by molar-refractivity contribution is -0.113. The highest BCUT2D eigenvalue weighted by Gasteiger charge is 2.08. The van der Waals surface area contributed by atoms with Crippen molar-refractivity contribution in [2.24, 2.45) is 0 Å². The zero-order valence-corrected chi connectivity index (χ0v) is 13.3. The quantitative estimate of drug-likeness (QED) is 0.653. The van der Waals surface area contributed by atoms with Crippen LogP contribution in [0.4, 0.5) is 11.4 Å². The maximum atomic E-state index is 11.9. The van der Waals surface area contributed by atoms with Crippen LogP contribution in [0.15, 0.2) is 46.0 Å². The number of halogens is 1. The van der Waals surface area contributed by atoms with Crippen molar-refractivity contribution in [1.82, 2.24) is 4.98 Å². The summed E-state index contributed by atoms with van der Waals surface area (Å²) in [5, 5.41) is 3.64. The van der Waals surface area contributed by atoms with Crippen LogP contribution in [0.5, 0.6) is 0 Å². The fourth-order valence-corrected chi connectivity index (χ4v) is 2.50. The van der Waals surface area contributed by atoms with Crippen molar-refractivity contribution in [2.75, 3.05) is 16.8 Å². The minimum atomic E-state index is -0.0966. The monoisotopic (exact) mass is 351 g/mol. The van der Waals surface area contributed by atoms with E-state index >= 15 is 0 Å². The third kappa shape index (κ3) is 3.98. The molecule has 0 saturated carbocycles. The van der Waals surface area contributed by atoms with E-state index in [0.29, 0.717) is 17.1 Å². The number of hydrogen-bond donors (Lipinski definition) is 2. The minimum Gasteiger partial charge on any atom is -0.397 e. The molecule has 0 aliphatic carbocycles. The summed E-state index contributed by atoms with van der Waals surface area (Å²) >= 11 is 4.70. The van der Waals surface area contributed by atoms with Gasteiger partial charge in [0, 0.05) is 10.7 Å². The molecule has 6 heteroatoms. The first-order valence-electron chi connectivity index (χ1n) is 5.95. The van der Waals surface area contributed by atoms with E-state index in [1.165, 1.54) is 11.8 Å². The minimum absolute atomic E-state index is 0.0966. The van der Waals surface area contributed by atoms with Gasteiger partial charge in [0.2, 0.25) is 5.91 Å². The van der Waals surface area contributed by atoms with Crippen molar-refractivity contribution in [3.8, 4) is 0 Å². The number of nitrogen functional groups attached to an aromatic ring is 1. The van der Waals surface area contributed by atoms with Crippen molar-refractivity contribution in [2.45, 2.75) is 11.9 Å². The molecule has 0 aliphatic heterocycles. The molecule has 0 saturated heterocycles. The Kier molecular flexibility index (Phi) is 5.03. The zero-order chi connectivity index (χ0) is 14.5. The number of nitrogens with one attached hydrogen (secondary N) is 1. The van der Waals surface area contributed by atoms with Crippen LogP contribution in [0, 0.1) is 6.92 Å². The van der Waals surface area contributed by atoms with E-state index in [-0.39, 0.29) is 5.91 Å². The molecule has 1 aromatic carbocycles. The lowest BCUT2D eigenvalue weighted by Crippen LogP contribution is -2.16. The number of hydrogen-bond acceptors (Lipinski definition) is 4. The van der Waals surface area contributed by atoms with Gasteiger partial charge in [0.05, 0.1) is 22.2 Å². The average Bonchev–Trinajstić information content (AvgIpc) is 2.42. The summed E-state index contributed by atoms with van der Waals surface area (Å²) in [7, 11) is 0. The number of nitrogens with two attached hydrogens (primary N) is 1. The molecule has 1 heterocycles. The Morgan fingerprint density at radius 2 is 2.20 bits per heavy atom. The van der Waals surface area contributed by atoms with Gasteiger partial charge >= 0.3 is 0 Å². The molecule has 20 heavy (non-hydrogen) atoms. The van der Waals surface area contributed by atoms with Crippen LogP contribution < -0.4 is 11.1 Å². The third-order valence-electron chi connectivity index (χ3n) is 2.62. The number of aryl methyl sites for hydroxylation is 1. The number of pyridine rings is 1. The predicted octanol–water partition coefficient (Wildman–Crippen LogP) is 3.47. The Bertz CT molecular complexity index is 596. The van der Waals surface area contributed by atoms with E-state index in [1.807, 2.05) is 31.2 Å². The highest BCUT2D eigenvalue weighted by Crippen LogP contribution is 2.23. The van der Waals surface area contributed by atoms with Crippen molar-refractivity contribution in [1.29, 1.82) is 0 Å². The standard InChI is InChI=1S/C14H14BrN3OS/c1-9-3-2-4-11(16)14(9)18-12(19)8-20-13-6-5-10(15)7-17-13/h2-7H,8,16H2,1H3,(H,18,19). The van der Waals surface area contributed by atoms with E-state index in [1.54, 1.807) is 12.3 Å². The van der Waals surface area contributed by atoms with Crippen LogP contribution in [0.25, 0.3) is 0 Å². The van der Waals surface area contributed by atoms with Gasteiger partial charge in [-0.15, -0.1) is 0 Å². The summed E-state index contributed by atoms with van der Waals surface area (Å²) < 4.78 is 0.916. The number of nitrogens with zero attached hydrogens (tertiary/aromatic N) is 1. The number of para-hydroxylation sites is 1. The van der Waals surface area contributed by atoms with Gasteiger partial charge in [-0.2, -0.15) is 0 Å². The van der Waals surface area contributed by atoms with Crippen molar-refractivity contribution in [3.05, 3.63) is 46.6 Å². The Labute approximate surface area is 130 Å². The highest BCUT2D eigenvalue weighted by atomic mass is 79.9. The molecular weight excluding hydrogens is 338 g/mol. The highest BCUT2D eigenvalue weighted by molar-refractivity contribution is 9.10. The van der Waals surface area contributed by atoms with Gasteiger partial charge in [-0.1, -0.05) is 23.9 Å². The maximum Gasteiger partial charge on any atom is 0.234 e. The van der Waals surface area contributed by atoms with Gasteiger partial charge in [-0.05, 0) is 46.6 Å². The summed E-state index contributed by atoms with van der Waals surface area (Å²) in [6, 6.07) is 9.30. The summed E-state index contributed by atoms with van der Waals surface area (Å²) in [6.07, 6.45) is 1.71. The first-order chi connectivity index (χ1) is 9.56. The van der Waals surface area contributed by atoms with E-state index < -0.39 is 0 Å². The summed E-state index contributed by atoms with van der Waals surface area (Å²) in [4.78, 5) is 16.1. The number of benzene rings is 1. The van der Waals surface area contributed by atoms with Crippen LogP contribution in [-0.4, -0.2) is 16.6 Å². The molecule has 2 rings (SSSR count). The van der Waals surface area contributed by atoms with E-state index in [0.717, 1.165) is 15.1 Å². The topological polar surface area (TPSA) is 68.0 Å². The molecule has 4 nitrogen and oxygen atoms in total. The van der Waals surface area contributed by atoms with Gasteiger partial charge in [-0.3, -0.25) is 4.79 Å². The second kappa shape index (κ2) is 6.76. The Hall–Kier alpha value is -1.53. The molecule has 0 radical (unpaired) electrons. The fraction of sp³-hybridized carbons (Fsp3) is 0.143. The fourth-order valence-electron chi connectivity index (χ4n) is 1.62. The molecule has 104 valence electrons. The van der Waals surface area contributed by atoms with Gasteiger partial charge in [0.1, 0.15) is 0 Å². The molecule has 0 aliphatic rings. The molecule has 0 unspecified atom stereocenters. The van der Waals surface area contributed by atoms with Crippen LogP contribution in [-0.2, 0) is 4.79 Å². The van der Waals surface area contributed by atoms with Crippen LogP contribution in [0.2, 0.25) is 0 Å². The second-order valence-electron chi connectivity index (χ2n) is 4.19. The third-order valence-corrected chi connectivity index (χ3v) is 4.03. The number of carbonyl (C=O) groups excluding carboxylic acids is 1. The molecule has 1 amide bonds. The first-order valence-corrected chi connectivity index (χ1v) is 7.73. The summed E-state index contributed by atoms with van der Waals surface area (Å²) in [6.45, 7) is 1.91. The van der Waals surface area contributed by atoms with E-state index in [2.05, 4.69) is 26.2 Å². The molecular formula is C14H14BrN3OS. The number of carbonyl (C=O) groups is 1. The van der Waals surface area contributed by atoms with Crippen LogP contribution in [0.3, 0.4) is 0 Å². The van der Waals surface area contributed by atoms with Gasteiger partial charge < -0.3 is 11.1 Å². The molecule has 0 atom stereocenters. The maximum absolute atomic E-state index is 11.9. The Morgan fingerprint density at radius 1 is 1.40 bits per heavy atom. The average molecular weight is 352 g/mol. The first kappa shape index (κ1) is 14.9.